The maximum absolute atomic E-state index is 12.1. The van der Waals surface area contributed by atoms with E-state index < -0.39 is 30.5 Å². The molecule has 1 aromatic carbocycles. The lowest BCUT2D eigenvalue weighted by Gasteiger charge is -2.25. The van der Waals surface area contributed by atoms with Crippen molar-refractivity contribution in [3.05, 3.63) is 47.3 Å². The zero-order valence-corrected chi connectivity index (χ0v) is 16.8. The molecule has 0 saturated heterocycles. The molecule has 0 spiro atoms. The second-order valence-electron chi connectivity index (χ2n) is 6.55. The Morgan fingerprint density at radius 1 is 1.23 bits per heavy atom. The molecule has 1 aliphatic heterocycles. The van der Waals surface area contributed by atoms with Gasteiger partial charge >= 0.3 is 5.97 Å². The number of para-hydroxylation sites is 2. The molecule has 2 heterocycles. The fourth-order valence-corrected chi connectivity index (χ4v) is 2.76. The Morgan fingerprint density at radius 3 is 2.67 bits per heavy atom. The minimum absolute atomic E-state index is 0.00563. The highest BCUT2D eigenvalue weighted by Crippen LogP contribution is 2.30. The number of amides is 2. The molecule has 10 nitrogen and oxygen atoms in total. The molecule has 158 valence electrons. The van der Waals surface area contributed by atoms with Crippen LogP contribution in [0.3, 0.4) is 0 Å². The summed E-state index contributed by atoms with van der Waals surface area (Å²) in [5.41, 5.74) is 6.86. The largest absolute Gasteiger partial charge is 0.485 e. The SMILES string of the molecule is Cc1nn(C)c(C)c1/C=C/C(=O)OCC(=O)NNC(=O)[C@@H]1COc2ccccc2O1. The summed E-state index contributed by atoms with van der Waals surface area (Å²) in [4.78, 5) is 35.7. The highest BCUT2D eigenvalue weighted by Gasteiger charge is 2.27. The highest BCUT2D eigenvalue weighted by atomic mass is 16.6. The summed E-state index contributed by atoms with van der Waals surface area (Å²) in [7, 11) is 1.81. The number of esters is 1. The van der Waals surface area contributed by atoms with Crippen LogP contribution in [0.15, 0.2) is 30.3 Å². The monoisotopic (exact) mass is 414 g/mol. The number of carbonyl (C=O) groups excluding carboxylic acids is 3. The van der Waals surface area contributed by atoms with Gasteiger partial charge in [0.2, 0.25) is 6.10 Å². The van der Waals surface area contributed by atoms with E-state index in [-0.39, 0.29) is 6.61 Å². The van der Waals surface area contributed by atoms with Crippen molar-refractivity contribution in [2.24, 2.45) is 7.05 Å². The summed E-state index contributed by atoms with van der Waals surface area (Å²) in [5, 5.41) is 4.24. The van der Waals surface area contributed by atoms with Crippen LogP contribution in [0.2, 0.25) is 0 Å². The van der Waals surface area contributed by atoms with Gasteiger partial charge in [-0.1, -0.05) is 12.1 Å². The quantitative estimate of drug-likeness (QED) is 0.417. The molecule has 2 aromatic rings. The van der Waals surface area contributed by atoms with Gasteiger partial charge < -0.3 is 14.2 Å². The van der Waals surface area contributed by atoms with Gasteiger partial charge in [-0.2, -0.15) is 5.10 Å². The fraction of sp³-hybridized carbons (Fsp3) is 0.300. The summed E-state index contributed by atoms with van der Waals surface area (Å²) >= 11 is 0. The van der Waals surface area contributed by atoms with Crippen molar-refractivity contribution in [2.75, 3.05) is 13.2 Å². The second-order valence-corrected chi connectivity index (χ2v) is 6.55. The smallest absolute Gasteiger partial charge is 0.331 e. The Morgan fingerprint density at radius 2 is 1.97 bits per heavy atom. The molecule has 0 radical (unpaired) electrons. The molecule has 1 aliphatic rings. The fourth-order valence-electron chi connectivity index (χ4n) is 2.76. The summed E-state index contributed by atoms with van der Waals surface area (Å²) in [6, 6.07) is 6.95. The van der Waals surface area contributed by atoms with E-state index in [4.69, 9.17) is 14.2 Å². The Bertz CT molecular complexity index is 997. The lowest BCUT2D eigenvalue weighted by molar-refractivity contribution is -0.145. The number of carbonyl (C=O) groups is 3. The molecular weight excluding hydrogens is 392 g/mol. The van der Waals surface area contributed by atoms with Crippen LogP contribution in [0.4, 0.5) is 0 Å². The zero-order chi connectivity index (χ0) is 21.7. The van der Waals surface area contributed by atoms with E-state index in [1.165, 1.54) is 6.08 Å². The standard InChI is InChI=1S/C20H22N4O6/c1-12-14(13(2)24(3)23-12)8-9-19(26)29-11-18(25)21-22-20(27)17-10-28-15-6-4-5-7-16(15)30-17/h4-9,17H,10-11H2,1-3H3,(H,21,25)(H,22,27)/b9-8+/t17-/m0/s1. The van der Waals surface area contributed by atoms with Crippen LogP contribution in [0.5, 0.6) is 11.5 Å². The normalized spacial score (nSPS) is 15.0. The van der Waals surface area contributed by atoms with Crippen molar-refractivity contribution >= 4 is 23.9 Å². The lowest BCUT2D eigenvalue weighted by Crippen LogP contribution is -2.51. The van der Waals surface area contributed by atoms with Gasteiger partial charge in [-0.3, -0.25) is 25.1 Å². The maximum atomic E-state index is 12.1. The van der Waals surface area contributed by atoms with Gasteiger partial charge in [-0.05, 0) is 32.1 Å². The first-order chi connectivity index (χ1) is 14.3. The first kappa shape index (κ1) is 20.9. The van der Waals surface area contributed by atoms with Crippen LogP contribution < -0.4 is 20.3 Å². The van der Waals surface area contributed by atoms with Crippen LogP contribution >= 0.6 is 0 Å². The molecule has 10 heteroatoms. The van der Waals surface area contributed by atoms with Crippen molar-refractivity contribution < 1.29 is 28.6 Å². The molecule has 1 atom stereocenters. The second kappa shape index (κ2) is 9.12. The molecule has 1 aromatic heterocycles. The summed E-state index contributed by atoms with van der Waals surface area (Å²) in [6.07, 6.45) is 1.88. The third-order valence-electron chi connectivity index (χ3n) is 4.42. The van der Waals surface area contributed by atoms with E-state index >= 15 is 0 Å². The predicted octanol–water partition coefficient (Wildman–Crippen LogP) is 0.581. The Kier molecular flexibility index (Phi) is 6.35. The number of fused-ring (bicyclic) bond motifs is 1. The summed E-state index contributed by atoms with van der Waals surface area (Å²) in [5.74, 6) is -1.00. The van der Waals surface area contributed by atoms with Crippen molar-refractivity contribution in [3.8, 4) is 11.5 Å². The number of ether oxygens (including phenoxy) is 3. The molecule has 2 N–H and O–H groups in total. The first-order valence-electron chi connectivity index (χ1n) is 9.17. The van der Waals surface area contributed by atoms with Crippen molar-refractivity contribution in [1.82, 2.24) is 20.6 Å². The lowest BCUT2D eigenvalue weighted by atomic mass is 10.2. The summed E-state index contributed by atoms with van der Waals surface area (Å²) in [6.45, 7) is 3.15. The number of nitrogens with zero attached hydrogens (tertiary/aromatic N) is 2. The van der Waals surface area contributed by atoms with Gasteiger partial charge in [0.25, 0.3) is 11.8 Å². The van der Waals surface area contributed by atoms with Crippen LogP contribution in [-0.2, 0) is 26.2 Å². The Labute approximate surface area is 172 Å². The molecule has 0 aliphatic carbocycles. The first-order valence-corrected chi connectivity index (χ1v) is 9.17. The number of hydrogen-bond donors (Lipinski definition) is 2. The van der Waals surface area contributed by atoms with Gasteiger partial charge in [0.05, 0.1) is 5.69 Å². The highest BCUT2D eigenvalue weighted by molar-refractivity contribution is 5.90. The third-order valence-corrected chi connectivity index (χ3v) is 4.42. The minimum Gasteiger partial charge on any atom is -0.485 e. The summed E-state index contributed by atoms with van der Waals surface area (Å²) < 4.78 is 17.5. The topological polar surface area (TPSA) is 121 Å². The molecule has 0 bridgehead atoms. The number of nitrogens with one attached hydrogen (secondary N) is 2. The molecular formula is C20H22N4O6. The molecule has 2 amide bonds. The molecule has 0 unspecified atom stereocenters. The van der Waals surface area contributed by atoms with E-state index in [1.54, 1.807) is 42.1 Å². The van der Waals surface area contributed by atoms with Gasteiger partial charge in [0.1, 0.15) is 6.61 Å². The number of hydrazine groups is 1. The van der Waals surface area contributed by atoms with E-state index in [0.29, 0.717) is 11.5 Å². The van der Waals surface area contributed by atoms with Gasteiger partial charge in [0.15, 0.2) is 18.1 Å². The molecule has 30 heavy (non-hydrogen) atoms. The van der Waals surface area contributed by atoms with Crippen molar-refractivity contribution in [3.63, 3.8) is 0 Å². The minimum atomic E-state index is -0.920. The van der Waals surface area contributed by atoms with Crippen LogP contribution in [0.25, 0.3) is 6.08 Å². The molecule has 0 saturated carbocycles. The van der Waals surface area contributed by atoms with Crippen LogP contribution in [0, 0.1) is 13.8 Å². The molecule has 0 fully saturated rings. The zero-order valence-electron chi connectivity index (χ0n) is 16.8. The number of aromatic nitrogens is 2. The van der Waals surface area contributed by atoms with Gasteiger partial charge in [-0.25, -0.2) is 4.79 Å². The van der Waals surface area contributed by atoms with Gasteiger partial charge in [0, 0.05) is 24.4 Å². The predicted molar refractivity (Wildman–Crippen MR) is 105 cm³/mol. The number of rotatable bonds is 5. The van der Waals surface area contributed by atoms with E-state index in [2.05, 4.69) is 16.0 Å². The van der Waals surface area contributed by atoms with Crippen LogP contribution in [-0.4, -0.2) is 46.9 Å². The average Bonchev–Trinajstić information content (AvgIpc) is 2.99. The van der Waals surface area contributed by atoms with E-state index in [1.807, 2.05) is 13.8 Å². The number of hydrogen-bond acceptors (Lipinski definition) is 7. The maximum Gasteiger partial charge on any atom is 0.331 e. The number of benzene rings is 1. The third kappa shape index (κ3) is 4.96. The Balaban J connectivity index is 1.41. The molecule has 3 rings (SSSR count). The van der Waals surface area contributed by atoms with E-state index in [9.17, 15) is 14.4 Å². The van der Waals surface area contributed by atoms with E-state index in [0.717, 1.165) is 17.0 Å². The van der Waals surface area contributed by atoms with Gasteiger partial charge in [-0.15, -0.1) is 0 Å². The Hall–Kier alpha value is -3.82. The van der Waals surface area contributed by atoms with Crippen LogP contribution in [0.1, 0.15) is 17.0 Å². The van der Waals surface area contributed by atoms with Crippen molar-refractivity contribution in [2.45, 2.75) is 20.0 Å². The van der Waals surface area contributed by atoms with Crippen molar-refractivity contribution in [1.29, 1.82) is 0 Å². The average molecular weight is 414 g/mol. The number of aryl methyl sites for hydroxylation is 2.